The zero-order valence-electron chi connectivity index (χ0n) is 12.9. The van der Waals surface area contributed by atoms with E-state index in [4.69, 9.17) is 5.26 Å². The van der Waals surface area contributed by atoms with E-state index in [1.165, 1.54) is 25.0 Å². The number of hydrogen-bond acceptors (Lipinski definition) is 4. The number of halogens is 1. The van der Waals surface area contributed by atoms with E-state index in [1.54, 1.807) is 16.4 Å². The van der Waals surface area contributed by atoms with Crippen LogP contribution in [0.15, 0.2) is 29.2 Å². The van der Waals surface area contributed by atoms with Gasteiger partial charge in [-0.1, -0.05) is 0 Å². The van der Waals surface area contributed by atoms with Crippen molar-refractivity contribution in [3.8, 4) is 6.07 Å². The number of nitriles is 1. The van der Waals surface area contributed by atoms with Crippen LogP contribution < -0.4 is 5.32 Å². The molecule has 3 rings (SSSR count). The van der Waals surface area contributed by atoms with Crippen molar-refractivity contribution < 1.29 is 8.42 Å². The minimum atomic E-state index is -3.43. The fourth-order valence-corrected chi connectivity index (χ4v) is 4.95. The van der Waals surface area contributed by atoms with E-state index in [0.717, 1.165) is 19.4 Å². The third kappa shape index (κ3) is 3.86. The van der Waals surface area contributed by atoms with Gasteiger partial charge in [0.15, 0.2) is 0 Å². The first kappa shape index (κ1) is 18.2. The number of nitrogens with zero attached hydrogens (tertiary/aromatic N) is 2. The van der Waals surface area contributed by atoms with Gasteiger partial charge < -0.3 is 5.32 Å². The number of sulfonamides is 1. The maximum Gasteiger partial charge on any atom is 0.243 e. The number of benzene rings is 1. The lowest BCUT2D eigenvalue weighted by Gasteiger charge is -2.34. The summed E-state index contributed by atoms with van der Waals surface area (Å²) in [5.74, 6) is 0.593. The van der Waals surface area contributed by atoms with Gasteiger partial charge in [-0.25, -0.2) is 8.42 Å². The molecule has 0 aliphatic carbocycles. The Morgan fingerprint density at radius 2 is 1.78 bits per heavy atom. The van der Waals surface area contributed by atoms with E-state index in [-0.39, 0.29) is 17.3 Å². The zero-order valence-corrected chi connectivity index (χ0v) is 14.6. The summed E-state index contributed by atoms with van der Waals surface area (Å²) in [7, 11) is -3.43. The van der Waals surface area contributed by atoms with Gasteiger partial charge in [0.2, 0.25) is 10.0 Å². The molecule has 7 heteroatoms. The van der Waals surface area contributed by atoms with Gasteiger partial charge in [0.25, 0.3) is 0 Å². The molecule has 1 aromatic rings. The van der Waals surface area contributed by atoms with Gasteiger partial charge in [0.1, 0.15) is 0 Å². The Balaban J connectivity index is 0.00000192. The smallest absolute Gasteiger partial charge is 0.243 e. The lowest BCUT2D eigenvalue weighted by molar-refractivity contribution is 0.234. The predicted molar refractivity (Wildman–Crippen MR) is 90.9 cm³/mol. The zero-order chi connectivity index (χ0) is 15.6. The van der Waals surface area contributed by atoms with E-state index in [2.05, 4.69) is 5.32 Å². The molecule has 0 radical (unpaired) electrons. The first-order chi connectivity index (χ1) is 10.6. The van der Waals surface area contributed by atoms with Gasteiger partial charge in [0, 0.05) is 19.1 Å². The number of rotatable bonds is 3. The molecule has 23 heavy (non-hydrogen) atoms. The summed E-state index contributed by atoms with van der Waals surface area (Å²) in [6.45, 7) is 2.27. The van der Waals surface area contributed by atoms with Gasteiger partial charge >= 0.3 is 0 Å². The predicted octanol–water partition coefficient (Wildman–Crippen LogP) is 2.13. The maximum absolute atomic E-state index is 12.6. The van der Waals surface area contributed by atoms with Crippen LogP contribution in [-0.2, 0) is 10.0 Å². The number of nitrogens with one attached hydrogen (secondary N) is 1. The Morgan fingerprint density at radius 3 is 2.30 bits per heavy atom. The summed E-state index contributed by atoms with van der Waals surface area (Å²) in [5.41, 5.74) is 0.477. The molecule has 0 bridgehead atoms. The van der Waals surface area contributed by atoms with E-state index in [1.807, 2.05) is 6.07 Å². The first-order valence-electron chi connectivity index (χ1n) is 7.85. The van der Waals surface area contributed by atoms with Crippen molar-refractivity contribution in [2.45, 2.75) is 36.6 Å². The second-order valence-electron chi connectivity index (χ2n) is 6.08. The summed E-state index contributed by atoms with van der Waals surface area (Å²) in [6.07, 6.45) is 4.29. The van der Waals surface area contributed by atoms with Crippen molar-refractivity contribution in [1.82, 2.24) is 9.62 Å². The highest BCUT2D eigenvalue weighted by Crippen LogP contribution is 2.28. The molecule has 1 unspecified atom stereocenters. The second kappa shape index (κ2) is 7.63. The van der Waals surface area contributed by atoms with Crippen molar-refractivity contribution in [1.29, 1.82) is 5.26 Å². The quantitative estimate of drug-likeness (QED) is 0.901. The Morgan fingerprint density at radius 1 is 1.13 bits per heavy atom. The average Bonchev–Trinajstić information content (AvgIpc) is 3.09. The van der Waals surface area contributed by atoms with Crippen LogP contribution in [0, 0.1) is 17.2 Å². The van der Waals surface area contributed by atoms with Crippen LogP contribution in [0.1, 0.15) is 31.2 Å². The second-order valence-corrected chi connectivity index (χ2v) is 8.02. The van der Waals surface area contributed by atoms with Gasteiger partial charge in [-0.05, 0) is 62.4 Å². The molecule has 2 aliphatic rings. The van der Waals surface area contributed by atoms with Crippen LogP contribution in [0.4, 0.5) is 0 Å². The minimum Gasteiger partial charge on any atom is -0.314 e. The topological polar surface area (TPSA) is 73.2 Å². The summed E-state index contributed by atoms with van der Waals surface area (Å²) in [4.78, 5) is 0.281. The summed E-state index contributed by atoms with van der Waals surface area (Å²) in [6, 6.07) is 8.74. The number of hydrogen-bond donors (Lipinski definition) is 1. The van der Waals surface area contributed by atoms with Crippen LogP contribution >= 0.6 is 12.4 Å². The lowest BCUT2D eigenvalue weighted by Crippen LogP contribution is -2.43. The third-order valence-electron chi connectivity index (χ3n) is 4.79. The molecule has 1 N–H and O–H groups in total. The molecule has 2 saturated heterocycles. The van der Waals surface area contributed by atoms with Gasteiger partial charge in [0.05, 0.1) is 16.5 Å². The molecule has 2 heterocycles. The number of piperidine rings is 1. The summed E-state index contributed by atoms with van der Waals surface area (Å²) < 4.78 is 26.9. The maximum atomic E-state index is 12.6. The van der Waals surface area contributed by atoms with Crippen molar-refractivity contribution in [2.24, 2.45) is 5.92 Å². The molecule has 0 saturated carbocycles. The molecule has 1 atom stereocenters. The lowest BCUT2D eigenvalue weighted by atomic mass is 9.89. The molecule has 0 amide bonds. The molecule has 1 aromatic carbocycles. The monoisotopic (exact) mass is 355 g/mol. The third-order valence-corrected chi connectivity index (χ3v) is 6.70. The molecule has 0 aromatic heterocycles. The molecular weight excluding hydrogens is 334 g/mol. The van der Waals surface area contributed by atoms with Crippen LogP contribution in [-0.4, -0.2) is 38.4 Å². The van der Waals surface area contributed by atoms with Crippen molar-refractivity contribution >= 4 is 22.4 Å². The highest BCUT2D eigenvalue weighted by molar-refractivity contribution is 7.89. The van der Waals surface area contributed by atoms with E-state index < -0.39 is 10.0 Å². The summed E-state index contributed by atoms with van der Waals surface area (Å²) in [5, 5.41) is 12.3. The van der Waals surface area contributed by atoms with E-state index in [9.17, 15) is 8.42 Å². The largest absolute Gasteiger partial charge is 0.314 e. The molecule has 0 spiro atoms. The Labute approximate surface area is 144 Å². The average molecular weight is 356 g/mol. The highest BCUT2D eigenvalue weighted by atomic mass is 35.5. The SMILES string of the molecule is Cl.N#Cc1ccc(S(=O)(=O)N2CCC(C3CCCN3)CC2)cc1. The van der Waals surface area contributed by atoms with Crippen LogP contribution in [0.3, 0.4) is 0 Å². The molecule has 126 valence electrons. The Hall–Kier alpha value is -1.13. The van der Waals surface area contributed by atoms with Gasteiger partial charge in [-0.15, -0.1) is 12.4 Å². The first-order valence-corrected chi connectivity index (χ1v) is 9.29. The van der Waals surface area contributed by atoms with Crippen LogP contribution in [0.25, 0.3) is 0 Å². The standard InChI is InChI=1S/C16H21N3O2S.ClH/c17-12-13-3-5-15(6-4-13)22(20,21)19-10-7-14(8-11-19)16-2-1-9-18-16;/h3-6,14,16,18H,1-2,7-11H2;1H. The molecule has 2 aliphatic heterocycles. The van der Waals surface area contributed by atoms with Crippen molar-refractivity contribution in [3.05, 3.63) is 29.8 Å². The Kier molecular flexibility index (Phi) is 6.04. The highest BCUT2D eigenvalue weighted by Gasteiger charge is 2.33. The van der Waals surface area contributed by atoms with Crippen LogP contribution in [0.5, 0.6) is 0 Å². The summed E-state index contributed by atoms with van der Waals surface area (Å²) >= 11 is 0. The van der Waals surface area contributed by atoms with Gasteiger partial charge in [-0.2, -0.15) is 9.57 Å². The van der Waals surface area contributed by atoms with Crippen LogP contribution in [0.2, 0.25) is 0 Å². The fraction of sp³-hybridized carbons (Fsp3) is 0.562. The van der Waals surface area contributed by atoms with E-state index in [0.29, 0.717) is 30.6 Å². The van der Waals surface area contributed by atoms with E-state index >= 15 is 0 Å². The normalized spacial score (nSPS) is 23.2. The molecule has 5 nitrogen and oxygen atoms in total. The Bertz CT molecular complexity index is 656. The van der Waals surface area contributed by atoms with Gasteiger partial charge in [-0.3, -0.25) is 0 Å². The fourth-order valence-electron chi connectivity index (χ4n) is 3.48. The minimum absolute atomic E-state index is 0. The van der Waals surface area contributed by atoms with Crippen molar-refractivity contribution in [3.63, 3.8) is 0 Å². The molecule has 2 fully saturated rings. The molecular formula is C16H22ClN3O2S. The van der Waals surface area contributed by atoms with Crippen molar-refractivity contribution in [2.75, 3.05) is 19.6 Å².